The van der Waals surface area contributed by atoms with Gasteiger partial charge >= 0.3 is 0 Å². The first-order valence-corrected chi connectivity index (χ1v) is 8.01. The van der Waals surface area contributed by atoms with Crippen LogP contribution in [0.5, 0.6) is 5.75 Å². The van der Waals surface area contributed by atoms with Gasteiger partial charge in [0.2, 0.25) is 6.29 Å². The summed E-state index contributed by atoms with van der Waals surface area (Å²) in [7, 11) is 0. The van der Waals surface area contributed by atoms with Crippen molar-refractivity contribution in [2.75, 3.05) is 0 Å². The zero-order valence-electron chi connectivity index (χ0n) is 11.8. The molecular formula is C17H14FNO2S. The first-order valence-electron chi connectivity index (χ1n) is 7.19. The van der Waals surface area contributed by atoms with Crippen LogP contribution in [0.1, 0.15) is 17.0 Å². The van der Waals surface area contributed by atoms with Crippen LogP contribution in [0.2, 0.25) is 0 Å². The molecule has 0 radical (unpaired) electrons. The maximum Gasteiger partial charge on any atom is 0.200 e. The lowest BCUT2D eigenvalue weighted by Crippen LogP contribution is -2.25. The average molecular weight is 315 g/mol. The van der Waals surface area contributed by atoms with E-state index in [-0.39, 0.29) is 12.1 Å². The molecule has 0 amide bonds. The highest BCUT2D eigenvalue weighted by atomic mass is 32.1. The molecule has 0 bridgehead atoms. The number of halogens is 1. The highest BCUT2D eigenvalue weighted by Gasteiger charge is 2.20. The van der Waals surface area contributed by atoms with Crippen molar-refractivity contribution in [3.05, 3.63) is 58.9 Å². The third-order valence-corrected chi connectivity index (χ3v) is 4.68. The molecule has 0 aliphatic carbocycles. The molecule has 4 rings (SSSR count). The van der Waals surface area contributed by atoms with Gasteiger partial charge in [-0.3, -0.25) is 0 Å². The van der Waals surface area contributed by atoms with Crippen LogP contribution < -0.4 is 4.74 Å². The SMILES string of the molecule is Fc1ccc2sc(COC3CCc4ccccc4O3)nc2c1. The van der Waals surface area contributed by atoms with Gasteiger partial charge in [-0.1, -0.05) is 18.2 Å². The summed E-state index contributed by atoms with van der Waals surface area (Å²) in [4.78, 5) is 4.40. The first kappa shape index (κ1) is 13.7. The summed E-state index contributed by atoms with van der Waals surface area (Å²) in [6.45, 7) is 0.383. The van der Waals surface area contributed by atoms with Crippen LogP contribution in [0.4, 0.5) is 4.39 Å². The molecule has 2 aromatic carbocycles. The van der Waals surface area contributed by atoms with Crippen molar-refractivity contribution in [3.63, 3.8) is 0 Å². The number of rotatable bonds is 3. The Morgan fingerprint density at radius 3 is 3.14 bits per heavy atom. The highest BCUT2D eigenvalue weighted by Crippen LogP contribution is 2.29. The Hall–Kier alpha value is -1.98. The van der Waals surface area contributed by atoms with Crippen molar-refractivity contribution in [1.82, 2.24) is 4.98 Å². The molecule has 1 aliphatic rings. The number of aryl methyl sites for hydroxylation is 1. The van der Waals surface area contributed by atoms with Gasteiger partial charge in [0, 0.05) is 12.5 Å². The Kier molecular flexibility index (Phi) is 3.52. The van der Waals surface area contributed by atoms with Crippen LogP contribution in [0.15, 0.2) is 42.5 Å². The minimum atomic E-state index is -0.266. The van der Waals surface area contributed by atoms with Crippen molar-refractivity contribution in [1.29, 1.82) is 0 Å². The molecule has 1 atom stereocenters. The van der Waals surface area contributed by atoms with E-state index in [4.69, 9.17) is 9.47 Å². The third kappa shape index (κ3) is 2.69. The summed E-state index contributed by atoms with van der Waals surface area (Å²) in [6, 6.07) is 12.7. The molecule has 3 nitrogen and oxygen atoms in total. The molecular weight excluding hydrogens is 301 g/mol. The third-order valence-electron chi connectivity index (χ3n) is 3.67. The van der Waals surface area contributed by atoms with E-state index in [1.807, 2.05) is 18.2 Å². The fraction of sp³-hybridized carbons (Fsp3) is 0.235. The fourth-order valence-corrected chi connectivity index (χ4v) is 3.46. The normalized spacial score (nSPS) is 17.2. The Morgan fingerprint density at radius 2 is 2.18 bits per heavy atom. The molecule has 5 heteroatoms. The quantitative estimate of drug-likeness (QED) is 0.722. The van der Waals surface area contributed by atoms with Gasteiger partial charge < -0.3 is 9.47 Å². The summed E-state index contributed by atoms with van der Waals surface area (Å²) in [5.41, 5.74) is 1.90. The van der Waals surface area contributed by atoms with Gasteiger partial charge in [-0.2, -0.15) is 0 Å². The Bertz CT molecular complexity index is 817. The van der Waals surface area contributed by atoms with Gasteiger partial charge in [0.1, 0.15) is 23.2 Å². The summed E-state index contributed by atoms with van der Waals surface area (Å²) in [5.74, 6) is 0.627. The summed E-state index contributed by atoms with van der Waals surface area (Å²) < 4.78 is 25.8. The molecule has 1 aliphatic heterocycles. The van der Waals surface area contributed by atoms with E-state index in [2.05, 4.69) is 11.1 Å². The van der Waals surface area contributed by atoms with Gasteiger partial charge in [-0.05, 0) is 30.2 Å². The lowest BCUT2D eigenvalue weighted by molar-refractivity contribution is -0.0994. The second-order valence-corrected chi connectivity index (χ2v) is 6.34. The number of nitrogens with zero attached hydrogens (tertiary/aromatic N) is 1. The Labute approximate surface area is 131 Å². The van der Waals surface area contributed by atoms with Crippen LogP contribution in [-0.4, -0.2) is 11.3 Å². The van der Waals surface area contributed by atoms with E-state index in [1.165, 1.54) is 29.0 Å². The second-order valence-electron chi connectivity index (χ2n) is 5.22. The number of aromatic nitrogens is 1. The fourth-order valence-electron chi connectivity index (χ4n) is 2.59. The zero-order valence-corrected chi connectivity index (χ0v) is 12.6. The predicted octanol–water partition coefficient (Wildman–Crippen LogP) is 4.30. The van der Waals surface area contributed by atoms with Crippen LogP contribution in [-0.2, 0) is 17.8 Å². The molecule has 112 valence electrons. The van der Waals surface area contributed by atoms with Gasteiger partial charge in [0.15, 0.2) is 0 Å². The molecule has 0 spiro atoms. The summed E-state index contributed by atoms with van der Waals surface area (Å²) >= 11 is 1.52. The van der Waals surface area contributed by atoms with E-state index in [0.29, 0.717) is 12.1 Å². The highest BCUT2D eigenvalue weighted by molar-refractivity contribution is 7.18. The van der Waals surface area contributed by atoms with Gasteiger partial charge in [-0.25, -0.2) is 9.37 Å². The predicted molar refractivity (Wildman–Crippen MR) is 83.5 cm³/mol. The van der Waals surface area contributed by atoms with Crippen molar-refractivity contribution >= 4 is 21.6 Å². The molecule has 0 saturated carbocycles. The van der Waals surface area contributed by atoms with E-state index in [0.717, 1.165) is 28.3 Å². The second kappa shape index (κ2) is 5.66. The smallest absolute Gasteiger partial charge is 0.200 e. The van der Waals surface area contributed by atoms with Gasteiger partial charge in [0.25, 0.3) is 0 Å². The Morgan fingerprint density at radius 1 is 1.27 bits per heavy atom. The molecule has 0 saturated heterocycles. The molecule has 1 unspecified atom stereocenters. The first-order chi connectivity index (χ1) is 10.8. The number of hydrogen-bond donors (Lipinski definition) is 0. The molecule has 0 N–H and O–H groups in total. The average Bonchev–Trinajstić information content (AvgIpc) is 2.94. The number of hydrogen-bond acceptors (Lipinski definition) is 4. The molecule has 1 aromatic heterocycles. The maximum absolute atomic E-state index is 13.2. The van der Waals surface area contributed by atoms with Gasteiger partial charge in [0.05, 0.1) is 10.2 Å². The zero-order chi connectivity index (χ0) is 14.9. The van der Waals surface area contributed by atoms with E-state index in [9.17, 15) is 4.39 Å². The van der Waals surface area contributed by atoms with E-state index in [1.54, 1.807) is 6.07 Å². The number of fused-ring (bicyclic) bond motifs is 2. The molecule has 0 fully saturated rings. The lowest BCUT2D eigenvalue weighted by Gasteiger charge is -2.25. The van der Waals surface area contributed by atoms with Crippen molar-refractivity contribution in [3.8, 4) is 5.75 Å². The molecule has 22 heavy (non-hydrogen) atoms. The van der Waals surface area contributed by atoms with Crippen LogP contribution in [0.3, 0.4) is 0 Å². The molecule has 2 heterocycles. The number of thiazole rings is 1. The Balaban J connectivity index is 1.44. The van der Waals surface area contributed by atoms with Crippen LogP contribution in [0.25, 0.3) is 10.2 Å². The van der Waals surface area contributed by atoms with E-state index < -0.39 is 0 Å². The van der Waals surface area contributed by atoms with Crippen LogP contribution in [0, 0.1) is 5.82 Å². The number of para-hydroxylation sites is 1. The van der Waals surface area contributed by atoms with Crippen molar-refractivity contribution in [2.24, 2.45) is 0 Å². The van der Waals surface area contributed by atoms with Crippen molar-refractivity contribution < 1.29 is 13.9 Å². The van der Waals surface area contributed by atoms with Gasteiger partial charge in [-0.15, -0.1) is 11.3 Å². The van der Waals surface area contributed by atoms with E-state index >= 15 is 0 Å². The minimum absolute atomic E-state index is 0.251. The van der Waals surface area contributed by atoms with Crippen molar-refractivity contribution in [2.45, 2.75) is 25.7 Å². The standard InChI is InChI=1S/C17H14FNO2S/c18-12-6-7-15-13(9-12)19-16(22-15)10-20-17-8-5-11-3-1-2-4-14(11)21-17/h1-4,6-7,9,17H,5,8,10H2. The lowest BCUT2D eigenvalue weighted by atomic mass is 10.1. The topological polar surface area (TPSA) is 31.4 Å². The number of benzene rings is 2. The largest absolute Gasteiger partial charge is 0.465 e. The monoisotopic (exact) mass is 315 g/mol. The maximum atomic E-state index is 13.2. The summed E-state index contributed by atoms with van der Waals surface area (Å²) in [6.07, 6.45) is 1.53. The minimum Gasteiger partial charge on any atom is -0.465 e. The summed E-state index contributed by atoms with van der Waals surface area (Å²) in [5, 5.41) is 0.836. The molecule has 3 aromatic rings. The van der Waals surface area contributed by atoms with Crippen LogP contribution >= 0.6 is 11.3 Å². The number of ether oxygens (including phenoxy) is 2.